The van der Waals surface area contributed by atoms with Crippen molar-refractivity contribution in [2.45, 2.75) is 18.9 Å². The van der Waals surface area contributed by atoms with Crippen molar-refractivity contribution in [1.82, 2.24) is 0 Å². The quantitative estimate of drug-likeness (QED) is 0.538. The molecule has 0 aliphatic carbocycles. The molecular formula is C6H13NO3. The van der Waals surface area contributed by atoms with Gasteiger partial charge in [-0.25, -0.2) is 0 Å². The van der Waals surface area contributed by atoms with Gasteiger partial charge in [0.25, 0.3) is 0 Å². The van der Waals surface area contributed by atoms with E-state index < -0.39 is 12.0 Å². The second-order valence-corrected chi connectivity index (χ2v) is 2.11. The molecule has 0 spiro atoms. The van der Waals surface area contributed by atoms with Crippen molar-refractivity contribution in [3.8, 4) is 0 Å². The average Bonchev–Trinajstić information content (AvgIpc) is 1.82. The number of rotatable bonds is 5. The fourth-order valence-corrected chi connectivity index (χ4v) is 0.588. The number of carbonyl (C=O) groups excluding carboxylic acids is 1. The molecule has 10 heavy (non-hydrogen) atoms. The SMILES string of the molecule is COCCC(O)CC(N)=O. The third-order valence-electron chi connectivity index (χ3n) is 1.09. The third kappa shape index (κ3) is 5.53. The van der Waals surface area contributed by atoms with E-state index in [1.165, 1.54) is 7.11 Å². The van der Waals surface area contributed by atoms with E-state index in [4.69, 9.17) is 10.8 Å². The summed E-state index contributed by atoms with van der Waals surface area (Å²) in [5, 5.41) is 8.97. The van der Waals surface area contributed by atoms with Crippen LogP contribution in [-0.2, 0) is 9.53 Å². The number of hydrogen-bond acceptors (Lipinski definition) is 3. The number of carbonyl (C=O) groups is 1. The van der Waals surface area contributed by atoms with Crippen molar-refractivity contribution in [2.75, 3.05) is 13.7 Å². The summed E-state index contributed by atoms with van der Waals surface area (Å²) in [5.41, 5.74) is 4.83. The van der Waals surface area contributed by atoms with Crippen LogP contribution in [-0.4, -0.2) is 30.8 Å². The highest BCUT2D eigenvalue weighted by atomic mass is 16.5. The van der Waals surface area contributed by atoms with E-state index in [2.05, 4.69) is 4.74 Å². The Bertz CT molecular complexity index is 105. The van der Waals surface area contributed by atoms with Crippen molar-refractivity contribution < 1.29 is 14.6 Å². The molecule has 60 valence electrons. The molecule has 0 heterocycles. The number of amides is 1. The van der Waals surface area contributed by atoms with E-state index in [1.807, 2.05) is 0 Å². The fraction of sp³-hybridized carbons (Fsp3) is 0.833. The molecule has 0 aliphatic heterocycles. The highest BCUT2D eigenvalue weighted by Gasteiger charge is 2.06. The van der Waals surface area contributed by atoms with Crippen LogP contribution in [0.2, 0.25) is 0 Å². The summed E-state index contributed by atoms with van der Waals surface area (Å²) in [5.74, 6) is -0.483. The Morgan fingerprint density at radius 1 is 1.80 bits per heavy atom. The molecule has 0 bridgehead atoms. The van der Waals surface area contributed by atoms with Gasteiger partial charge in [0.1, 0.15) is 0 Å². The number of hydrogen-bond donors (Lipinski definition) is 2. The standard InChI is InChI=1S/C6H13NO3/c1-10-3-2-5(8)4-6(7)9/h5,8H,2-4H2,1H3,(H2,7,9). The predicted octanol–water partition coefficient (Wildman–Crippen LogP) is -0.741. The first-order valence-corrected chi connectivity index (χ1v) is 3.12. The smallest absolute Gasteiger partial charge is 0.220 e. The summed E-state index contributed by atoms with van der Waals surface area (Å²) in [6.07, 6.45) is -0.180. The lowest BCUT2D eigenvalue weighted by Gasteiger charge is -2.05. The van der Waals surface area contributed by atoms with Crippen LogP contribution in [0.25, 0.3) is 0 Å². The topological polar surface area (TPSA) is 72.6 Å². The second-order valence-electron chi connectivity index (χ2n) is 2.11. The lowest BCUT2D eigenvalue weighted by molar-refractivity contribution is -0.120. The molecule has 1 atom stereocenters. The molecular weight excluding hydrogens is 134 g/mol. The summed E-state index contributed by atoms with van der Waals surface area (Å²) >= 11 is 0. The molecule has 1 unspecified atom stereocenters. The summed E-state index contributed by atoms with van der Waals surface area (Å²) < 4.78 is 4.68. The number of aliphatic hydroxyl groups is 1. The number of ether oxygens (including phenoxy) is 1. The van der Waals surface area contributed by atoms with Crippen LogP contribution in [0.5, 0.6) is 0 Å². The zero-order valence-corrected chi connectivity index (χ0v) is 6.04. The van der Waals surface area contributed by atoms with Gasteiger partial charge in [-0.05, 0) is 6.42 Å². The Hall–Kier alpha value is -0.610. The molecule has 0 aromatic heterocycles. The van der Waals surface area contributed by atoms with Crippen LogP contribution in [0.1, 0.15) is 12.8 Å². The van der Waals surface area contributed by atoms with Gasteiger partial charge in [0.05, 0.1) is 12.5 Å². The second kappa shape index (κ2) is 5.20. The van der Waals surface area contributed by atoms with Crippen LogP contribution in [0.4, 0.5) is 0 Å². The minimum atomic E-state index is -0.655. The zero-order valence-electron chi connectivity index (χ0n) is 6.04. The number of nitrogens with two attached hydrogens (primary N) is 1. The normalized spacial score (nSPS) is 13.0. The lowest BCUT2D eigenvalue weighted by Crippen LogP contribution is -2.20. The van der Waals surface area contributed by atoms with Gasteiger partial charge in [0, 0.05) is 13.7 Å². The minimum absolute atomic E-state index is 0.0172. The molecule has 0 radical (unpaired) electrons. The van der Waals surface area contributed by atoms with Crippen molar-refractivity contribution in [1.29, 1.82) is 0 Å². The minimum Gasteiger partial charge on any atom is -0.393 e. The highest BCUT2D eigenvalue weighted by Crippen LogP contribution is 1.95. The van der Waals surface area contributed by atoms with Gasteiger partial charge in [-0.1, -0.05) is 0 Å². The van der Waals surface area contributed by atoms with Gasteiger partial charge in [-0.3, -0.25) is 4.79 Å². The van der Waals surface area contributed by atoms with Crippen LogP contribution >= 0.6 is 0 Å². The van der Waals surface area contributed by atoms with E-state index in [-0.39, 0.29) is 6.42 Å². The molecule has 3 N–H and O–H groups in total. The largest absolute Gasteiger partial charge is 0.393 e. The molecule has 0 saturated heterocycles. The predicted molar refractivity (Wildman–Crippen MR) is 36.3 cm³/mol. The molecule has 0 rings (SSSR count). The van der Waals surface area contributed by atoms with Gasteiger partial charge in [0.15, 0.2) is 0 Å². The van der Waals surface area contributed by atoms with E-state index in [0.29, 0.717) is 13.0 Å². The summed E-state index contributed by atoms with van der Waals surface area (Å²) in [7, 11) is 1.54. The first-order valence-electron chi connectivity index (χ1n) is 3.12. The van der Waals surface area contributed by atoms with E-state index in [1.54, 1.807) is 0 Å². The van der Waals surface area contributed by atoms with Crippen molar-refractivity contribution in [2.24, 2.45) is 5.73 Å². The van der Waals surface area contributed by atoms with Gasteiger partial charge in [0.2, 0.25) is 5.91 Å². The van der Waals surface area contributed by atoms with Crippen LogP contribution in [0.3, 0.4) is 0 Å². The van der Waals surface area contributed by atoms with Crippen molar-refractivity contribution in [3.05, 3.63) is 0 Å². The summed E-state index contributed by atoms with van der Waals surface area (Å²) in [6, 6.07) is 0. The van der Waals surface area contributed by atoms with Gasteiger partial charge < -0.3 is 15.6 Å². The Morgan fingerprint density at radius 3 is 2.80 bits per heavy atom. The van der Waals surface area contributed by atoms with E-state index in [0.717, 1.165) is 0 Å². The van der Waals surface area contributed by atoms with Crippen LogP contribution in [0, 0.1) is 0 Å². The van der Waals surface area contributed by atoms with Crippen LogP contribution in [0.15, 0.2) is 0 Å². The molecule has 0 saturated carbocycles. The first-order chi connectivity index (χ1) is 4.66. The zero-order chi connectivity index (χ0) is 7.98. The Morgan fingerprint density at radius 2 is 2.40 bits per heavy atom. The maximum absolute atomic E-state index is 10.2. The average molecular weight is 147 g/mol. The third-order valence-corrected chi connectivity index (χ3v) is 1.09. The maximum Gasteiger partial charge on any atom is 0.220 e. The van der Waals surface area contributed by atoms with E-state index >= 15 is 0 Å². The molecule has 4 heteroatoms. The number of aliphatic hydroxyl groups excluding tert-OH is 1. The summed E-state index contributed by atoms with van der Waals surface area (Å²) in [4.78, 5) is 10.2. The maximum atomic E-state index is 10.2. The highest BCUT2D eigenvalue weighted by molar-refractivity contribution is 5.74. The Balaban J connectivity index is 3.25. The van der Waals surface area contributed by atoms with E-state index in [9.17, 15) is 4.79 Å². The number of primary amides is 1. The van der Waals surface area contributed by atoms with Gasteiger partial charge >= 0.3 is 0 Å². The van der Waals surface area contributed by atoms with Crippen LogP contribution < -0.4 is 5.73 Å². The molecule has 0 fully saturated rings. The van der Waals surface area contributed by atoms with Gasteiger partial charge in [-0.15, -0.1) is 0 Å². The molecule has 4 nitrogen and oxygen atoms in total. The van der Waals surface area contributed by atoms with Crippen molar-refractivity contribution in [3.63, 3.8) is 0 Å². The first kappa shape index (κ1) is 9.39. The van der Waals surface area contributed by atoms with Gasteiger partial charge in [-0.2, -0.15) is 0 Å². The lowest BCUT2D eigenvalue weighted by atomic mass is 10.2. The molecule has 1 amide bonds. The Labute approximate surface area is 60.0 Å². The molecule has 0 aromatic carbocycles. The Kier molecular flexibility index (Phi) is 4.88. The number of methoxy groups -OCH3 is 1. The monoisotopic (exact) mass is 147 g/mol. The molecule has 0 aliphatic rings. The van der Waals surface area contributed by atoms with Crippen molar-refractivity contribution >= 4 is 5.91 Å². The fourth-order valence-electron chi connectivity index (χ4n) is 0.588. The summed E-state index contributed by atoms with van der Waals surface area (Å²) in [6.45, 7) is 0.453. The molecule has 0 aromatic rings.